The summed E-state index contributed by atoms with van der Waals surface area (Å²) in [5, 5.41) is 1.87. The lowest BCUT2D eigenvalue weighted by molar-refractivity contribution is -0.137. The number of nitrogens with zero attached hydrogens (tertiary/aromatic N) is 3. The summed E-state index contributed by atoms with van der Waals surface area (Å²) in [7, 11) is 0. The highest BCUT2D eigenvalue weighted by molar-refractivity contribution is 6.06. The van der Waals surface area contributed by atoms with E-state index in [1.54, 1.807) is 24.4 Å². The lowest BCUT2D eigenvalue weighted by atomic mass is 9.98. The number of alkyl halides is 3. The topological polar surface area (TPSA) is 87.9 Å². The van der Waals surface area contributed by atoms with Crippen LogP contribution >= 0.6 is 0 Å². The van der Waals surface area contributed by atoms with Crippen LogP contribution in [0.4, 0.5) is 29.3 Å². The van der Waals surface area contributed by atoms with Crippen LogP contribution in [0, 0.1) is 6.92 Å². The second-order valence-corrected chi connectivity index (χ2v) is 7.89. The van der Waals surface area contributed by atoms with Gasteiger partial charge in [-0.1, -0.05) is 24.3 Å². The van der Waals surface area contributed by atoms with Crippen molar-refractivity contribution < 1.29 is 18.0 Å². The second kappa shape index (κ2) is 7.87. The van der Waals surface area contributed by atoms with E-state index < -0.39 is 17.8 Å². The molecule has 3 aromatic carbocycles. The van der Waals surface area contributed by atoms with E-state index in [0.717, 1.165) is 55.7 Å². The molecule has 2 amide bonds. The van der Waals surface area contributed by atoms with Gasteiger partial charge in [0.05, 0.1) is 16.9 Å². The van der Waals surface area contributed by atoms with Crippen LogP contribution in [-0.2, 0) is 6.18 Å². The number of halogens is 3. The number of aromatic amines is 1. The highest BCUT2D eigenvalue weighted by atomic mass is 19.4. The van der Waals surface area contributed by atoms with Gasteiger partial charge in [-0.05, 0) is 60.0 Å². The summed E-state index contributed by atoms with van der Waals surface area (Å²) in [4.78, 5) is 25.0. The molecule has 170 valence electrons. The number of fused-ring (bicyclic) bond motifs is 3. The average molecular weight is 461 g/mol. The highest BCUT2D eigenvalue weighted by Crippen LogP contribution is 2.36. The molecule has 3 N–H and O–H groups in total. The minimum absolute atomic E-state index is 0.0294. The number of hydrogen-bond donors (Lipinski definition) is 2. The van der Waals surface area contributed by atoms with E-state index >= 15 is 0 Å². The van der Waals surface area contributed by atoms with Gasteiger partial charge in [0, 0.05) is 22.5 Å². The van der Waals surface area contributed by atoms with Gasteiger partial charge in [0.2, 0.25) is 0 Å². The Morgan fingerprint density at radius 2 is 1.79 bits per heavy atom. The van der Waals surface area contributed by atoms with Gasteiger partial charge >= 0.3 is 12.2 Å². The van der Waals surface area contributed by atoms with Crippen LogP contribution in [0.15, 0.2) is 73.2 Å². The third kappa shape index (κ3) is 3.71. The Hall–Kier alpha value is -4.40. The number of nitrogens with one attached hydrogen (secondary N) is 1. The van der Waals surface area contributed by atoms with Gasteiger partial charge in [0.15, 0.2) is 0 Å². The fraction of sp³-hybridized carbons (Fsp3) is 0.0800. The van der Waals surface area contributed by atoms with Crippen molar-refractivity contribution in [3.8, 4) is 11.1 Å². The molecule has 0 radical (unpaired) electrons. The Bertz CT molecular complexity index is 1560. The number of nitrogens with two attached hydrogens (primary N) is 1. The van der Waals surface area contributed by atoms with Gasteiger partial charge in [-0.25, -0.2) is 14.8 Å². The SMILES string of the molecule is Cc1ccc(N(C(N)=O)c2cccc(C(F)(F)F)c2)cc1-c1ccc2c(c1)[nH]c1ncncc12. The van der Waals surface area contributed by atoms with Gasteiger partial charge in [0.1, 0.15) is 12.0 Å². The molecule has 9 heteroatoms. The van der Waals surface area contributed by atoms with Crippen molar-refractivity contribution in [1.29, 1.82) is 0 Å². The number of H-pyrrole nitrogens is 1. The highest BCUT2D eigenvalue weighted by Gasteiger charge is 2.31. The first kappa shape index (κ1) is 21.4. The Balaban J connectivity index is 1.62. The molecule has 2 aromatic heterocycles. The standard InChI is InChI=1S/C25H18F3N5O/c1-14-5-7-18(33(24(29)34)17-4-2-3-16(10-17)25(26,27)28)11-20(14)15-6-8-19-21-12-30-13-31-23(21)32-22(19)9-15/h2-13H,1H3,(H2,29,34)(H,30,31,32). The van der Waals surface area contributed by atoms with Gasteiger partial charge in [0.25, 0.3) is 0 Å². The summed E-state index contributed by atoms with van der Waals surface area (Å²) in [6.07, 6.45) is -1.33. The lowest BCUT2D eigenvalue weighted by Crippen LogP contribution is -2.31. The minimum Gasteiger partial charge on any atom is -0.351 e. The third-order valence-electron chi connectivity index (χ3n) is 5.72. The van der Waals surface area contributed by atoms with E-state index in [9.17, 15) is 18.0 Å². The number of carbonyl (C=O) groups is 1. The quantitative estimate of drug-likeness (QED) is 0.329. The minimum atomic E-state index is -4.54. The molecule has 0 spiro atoms. The molecule has 0 aliphatic heterocycles. The zero-order valence-electron chi connectivity index (χ0n) is 17.9. The number of aromatic nitrogens is 3. The van der Waals surface area contributed by atoms with Crippen LogP contribution in [0.25, 0.3) is 33.1 Å². The smallest absolute Gasteiger partial charge is 0.351 e. The summed E-state index contributed by atoms with van der Waals surface area (Å²) in [6.45, 7) is 1.92. The van der Waals surface area contributed by atoms with Crippen molar-refractivity contribution in [2.75, 3.05) is 4.90 Å². The van der Waals surface area contributed by atoms with Crippen LogP contribution in [-0.4, -0.2) is 21.0 Å². The van der Waals surface area contributed by atoms with Crippen molar-refractivity contribution in [3.05, 3.63) is 84.3 Å². The van der Waals surface area contributed by atoms with Crippen LogP contribution in [0.5, 0.6) is 0 Å². The predicted molar refractivity (Wildman–Crippen MR) is 125 cm³/mol. The molecule has 2 heterocycles. The summed E-state index contributed by atoms with van der Waals surface area (Å²) in [5.74, 6) is 0. The summed E-state index contributed by atoms with van der Waals surface area (Å²) < 4.78 is 39.7. The van der Waals surface area contributed by atoms with E-state index in [2.05, 4.69) is 15.0 Å². The molecule has 5 rings (SSSR count). The molecule has 0 saturated carbocycles. The molecule has 0 aliphatic rings. The third-order valence-corrected chi connectivity index (χ3v) is 5.72. The van der Waals surface area contributed by atoms with E-state index in [0.29, 0.717) is 5.69 Å². The van der Waals surface area contributed by atoms with Crippen molar-refractivity contribution in [3.63, 3.8) is 0 Å². The second-order valence-electron chi connectivity index (χ2n) is 7.89. The number of anilines is 2. The zero-order chi connectivity index (χ0) is 24.0. The van der Waals surface area contributed by atoms with E-state index in [1.807, 2.05) is 25.1 Å². The maximum atomic E-state index is 13.2. The predicted octanol–water partition coefficient (Wildman–Crippen LogP) is 6.32. The first-order valence-electron chi connectivity index (χ1n) is 10.3. The average Bonchev–Trinajstić information content (AvgIpc) is 3.17. The molecular weight excluding hydrogens is 443 g/mol. The number of aryl methyl sites for hydroxylation is 1. The summed E-state index contributed by atoms with van der Waals surface area (Å²) >= 11 is 0. The molecule has 0 unspecified atom stereocenters. The molecule has 6 nitrogen and oxygen atoms in total. The summed E-state index contributed by atoms with van der Waals surface area (Å²) in [5.41, 5.74) is 9.29. The van der Waals surface area contributed by atoms with E-state index in [4.69, 9.17) is 5.73 Å². The number of primary amides is 1. The van der Waals surface area contributed by atoms with Crippen LogP contribution in [0.3, 0.4) is 0 Å². The fourth-order valence-electron chi connectivity index (χ4n) is 4.09. The maximum absolute atomic E-state index is 13.2. The Morgan fingerprint density at radius 1 is 1.00 bits per heavy atom. The van der Waals surface area contributed by atoms with Crippen molar-refractivity contribution in [2.45, 2.75) is 13.1 Å². The number of hydrogen-bond acceptors (Lipinski definition) is 3. The molecule has 0 atom stereocenters. The zero-order valence-corrected chi connectivity index (χ0v) is 17.9. The molecule has 0 fully saturated rings. The first-order chi connectivity index (χ1) is 16.2. The van der Waals surface area contributed by atoms with E-state index in [-0.39, 0.29) is 5.69 Å². The first-order valence-corrected chi connectivity index (χ1v) is 10.3. The monoisotopic (exact) mass is 461 g/mol. The van der Waals surface area contributed by atoms with Crippen LogP contribution in [0.2, 0.25) is 0 Å². The van der Waals surface area contributed by atoms with Crippen molar-refractivity contribution >= 4 is 39.3 Å². The number of urea groups is 1. The Morgan fingerprint density at radius 3 is 2.56 bits per heavy atom. The molecule has 0 saturated heterocycles. The van der Waals surface area contributed by atoms with E-state index in [1.165, 1.54) is 18.5 Å². The lowest BCUT2D eigenvalue weighted by Gasteiger charge is -2.23. The van der Waals surface area contributed by atoms with Gasteiger partial charge < -0.3 is 10.7 Å². The van der Waals surface area contributed by atoms with Gasteiger partial charge in [-0.3, -0.25) is 4.90 Å². The van der Waals surface area contributed by atoms with Crippen LogP contribution < -0.4 is 10.6 Å². The number of amides is 2. The Labute approximate surface area is 191 Å². The number of rotatable bonds is 3. The number of benzene rings is 3. The number of carbonyl (C=O) groups excluding carboxylic acids is 1. The molecule has 34 heavy (non-hydrogen) atoms. The molecule has 0 bridgehead atoms. The van der Waals surface area contributed by atoms with Crippen molar-refractivity contribution in [2.24, 2.45) is 5.73 Å². The van der Waals surface area contributed by atoms with Crippen molar-refractivity contribution in [1.82, 2.24) is 15.0 Å². The maximum Gasteiger partial charge on any atom is 0.416 e. The normalized spacial score (nSPS) is 11.8. The Kier molecular flexibility index (Phi) is 4.97. The van der Waals surface area contributed by atoms with Gasteiger partial charge in [-0.2, -0.15) is 13.2 Å². The largest absolute Gasteiger partial charge is 0.416 e. The molecule has 5 aromatic rings. The fourth-order valence-corrected chi connectivity index (χ4v) is 4.09. The van der Waals surface area contributed by atoms with Gasteiger partial charge in [-0.15, -0.1) is 0 Å². The summed E-state index contributed by atoms with van der Waals surface area (Å²) in [6, 6.07) is 14.7. The van der Waals surface area contributed by atoms with Crippen LogP contribution in [0.1, 0.15) is 11.1 Å². The molecule has 0 aliphatic carbocycles. The molecular formula is C25H18F3N5O.